The third-order valence-corrected chi connectivity index (χ3v) is 5.02. The fourth-order valence-corrected chi connectivity index (χ4v) is 3.68. The monoisotopic (exact) mass is 347 g/mol. The number of benzene rings is 1. The van der Waals surface area contributed by atoms with Gasteiger partial charge in [0, 0.05) is 32.2 Å². The highest BCUT2D eigenvalue weighted by Crippen LogP contribution is 2.36. The quantitative estimate of drug-likeness (QED) is 0.855. The molecule has 6 heteroatoms. The van der Waals surface area contributed by atoms with E-state index in [2.05, 4.69) is 0 Å². The van der Waals surface area contributed by atoms with Gasteiger partial charge in [-0.25, -0.2) is 0 Å². The molecular weight excluding hydrogens is 322 g/mol. The molecule has 0 aromatic heterocycles. The van der Waals surface area contributed by atoms with Crippen LogP contribution in [-0.4, -0.2) is 54.3 Å². The second kappa shape index (κ2) is 8.34. The summed E-state index contributed by atoms with van der Waals surface area (Å²) in [5.74, 6) is 0.149. The summed E-state index contributed by atoms with van der Waals surface area (Å²) in [6, 6.07) is 7.93. The van der Waals surface area contributed by atoms with E-state index in [0.29, 0.717) is 26.2 Å². The van der Waals surface area contributed by atoms with E-state index in [9.17, 15) is 9.59 Å². The lowest BCUT2D eigenvalue weighted by Gasteiger charge is -2.35. The molecule has 1 saturated heterocycles. The third kappa shape index (κ3) is 4.51. The van der Waals surface area contributed by atoms with Crippen LogP contribution in [0.25, 0.3) is 0 Å². The zero-order valence-corrected chi connectivity index (χ0v) is 14.4. The molecule has 2 aliphatic rings. The average Bonchev–Trinajstić information content (AvgIpc) is 2.63. The summed E-state index contributed by atoms with van der Waals surface area (Å²) in [6.45, 7) is 2.13. The van der Waals surface area contributed by atoms with Gasteiger partial charge in [0.2, 0.25) is 5.91 Å². The number of rotatable bonds is 6. The van der Waals surface area contributed by atoms with Crippen LogP contribution in [0.3, 0.4) is 0 Å². The fraction of sp³-hybridized carbons (Fsp3) is 0.579. The second-order valence-corrected chi connectivity index (χ2v) is 6.65. The molecule has 136 valence electrons. The van der Waals surface area contributed by atoms with Crippen LogP contribution in [0.2, 0.25) is 0 Å². The van der Waals surface area contributed by atoms with Gasteiger partial charge in [-0.2, -0.15) is 0 Å². The number of hydrogen-bond acceptors (Lipinski definition) is 4. The molecule has 1 aromatic rings. The van der Waals surface area contributed by atoms with E-state index in [4.69, 9.17) is 14.6 Å². The Bertz CT molecular complexity index is 612. The number of aliphatic carboxylic acids is 1. The Balaban J connectivity index is 1.70. The first kappa shape index (κ1) is 17.7. The molecule has 3 rings (SSSR count). The first-order valence-corrected chi connectivity index (χ1v) is 8.96. The van der Waals surface area contributed by atoms with Gasteiger partial charge in [0.05, 0.1) is 13.0 Å². The van der Waals surface area contributed by atoms with Crippen LogP contribution < -0.4 is 4.74 Å². The Labute approximate surface area is 147 Å². The number of fused-ring (bicyclic) bond motifs is 1. The van der Waals surface area contributed by atoms with E-state index in [1.807, 2.05) is 24.3 Å². The highest BCUT2D eigenvalue weighted by molar-refractivity contribution is 5.78. The molecule has 1 amide bonds. The topological polar surface area (TPSA) is 76.1 Å². The van der Waals surface area contributed by atoms with Gasteiger partial charge in [-0.3, -0.25) is 9.59 Å². The molecule has 1 N–H and O–H groups in total. The van der Waals surface area contributed by atoms with Crippen molar-refractivity contribution in [1.82, 2.24) is 4.90 Å². The van der Waals surface area contributed by atoms with Crippen molar-refractivity contribution in [3.8, 4) is 5.75 Å². The van der Waals surface area contributed by atoms with Gasteiger partial charge < -0.3 is 19.5 Å². The highest BCUT2D eigenvalue weighted by Gasteiger charge is 2.30. The lowest BCUT2D eigenvalue weighted by Crippen LogP contribution is -2.45. The normalized spacial score (nSPS) is 20.4. The van der Waals surface area contributed by atoms with Gasteiger partial charge in [0.1, 0.15) is 5.75 Å². The molecule has 0 spiro atoms. The van der Waals surface area contributed by atoms with Gasteiger partial charge in [-0.05, 0) is 36.8 Å². The largest absolute Gasteiger partial charge is 0.493 e. The van der Waals surface area contributed by atoms with Crippen molar-refractivity contribution in [3.05, 3.63) is 29.8 Å². The number of ether oxygens (including phenoxy) is 2. The molecule has 1 aromatic carbocycles. The lowest BCUT2D eigenvalue weighted by atomic mass is 9.89. The summed E-state index contributed by atoms with van der Waals surface area (Å²) in [7, 11) is 0. The van der Waals surface area contributed by atoms with Crippen molar-refractivity contribution >= 4 is 11.9 Å². The van der Waals surface area contributed by atoms with Crippen LogP contribution in [0.4, 0.5) is 0 Å². The summed E-state index contributed by atoms with van der Waals surface area (Å²) in [4.78, 5) is 25.7. The maximum Gasteiger partial charge on any atom is 0.305 e. The molecule has 25 heavy (non-hydrogen) atoms. The Kier molecular flexibility index (Phi) is 5.91. The fourth-order valence-electron chi connectivity index (χ4n) is 3.68. The van der Waals surface area contributed by atoms with E-state index in [1.165, 1.54) is 0 Å². The summed E-state index contributed by atoms with van der Waals surface area (Å²) in [5, 5.41) is 9.01. The van der Waals surface area contributed by atoms with E-state index in [-0.39, 0.29) is 30.8 Å². The SMILES string of the molecule is O=C(O)CCN(C(=O)C[C@H]1CCOc2ccccc21)C1CCOCC1. The van der Waals surface area contributed by atoms with Gasteiger partial charge in [0.15, 0.2) is 0 Å². The maximum absolute atomic E-state index is 13.0. The van der Waals surface area contributed by atoms with E-state index < -0.39 is 5.97 Å². The summed E-state index contributed by atoms with van der Waals surface area (Å²) in [6.07, 6.45) is 2.74. The van der Waals surface area contributed by atoms with Crippen LogP contribution in [0.15, 0.2) is 24.3 Å². The van der Waals surface area contributed by atoms with Gasteiger partial charge in [-0.1, -0.05) is 18.2 Å². The number of amides is 1. The predicted molar refractivity (Wildman–Crippen MR) is 91.7 cm³/mol. The van der Waals surface area contributed by atoms with Crippen molar-refractivity contribution in [1.29, 1.82) is 0 Å². The number of carbonyl (C=O) groups excluding carboxylic acids is 1. The number of nitrogens with zero attached hydrogens (tertiary/aromatic N) is 1. The minimum absolute atomic E-state index is 0.0204. The Morgan fingerprint density at radius 2 is 1.88 bits per heavy atom. The van der Waals surface area contributed by atoms with Crippen LogP contribution in [0.5, 0.6) is 5.75 Å². The number of hydrogen-bond donors (Lipinski definition) is 1. The van der Waals surface area contributed by atoms with E-state index >= 15 is 0 Å². The third-order valence-electron chi connectivity index (χ3n) is 5.02. The van der Waals surface area contributed by atoms with Gasteiger partial charge in [0.25, 0.3) is 0 Å². The van der Waals surface area contributed by atoms with Crippen LogP contribution in [0, 0.1) is 0 Å². The van der Waals surface area contributed by atoms with Crippen LogP contribution in [-0.2, 0) is 14.3 Å². The molecule has 2 heterocycles. The first-order valence-electron chi connectivity index (χ1n) is 8.96. The zero-order valence-electron chi connectivity index (χ0n) is 14.4. The first-order chi connectivity index (χ1) is 12.1. The molecule has 6 nitrogen and oxygen atoms in total. The number of carboxylic acid groups (broad SMARTS) is 1. The average molecular weight is 347 g/mol. The molecular formula is C19H25NO5. The maximum atomic E-state index is 13.0. The van der Waals surface area contributed by atoms with Crippen molar-refractivity contribution < 1.29 is 24.2 Å². The number of para-hydroxylation sites is 1. The second-order valence-electron chi connectivity index (χ2n) is 6.65. The van der Waals surface area contributed by atoms with Gasteiger partial charge in [-0.15, -0.1) is 0 Å². The molecule has 1 atom stereocenters. The predicted octanol–water partition coefficient (Wildman–Crippen LogP) is 2.43. The minimum atomic E-state index is -0.874. The Morgan fingerprint density at radius 3 is 2.64 bits per heavy atom. The Hall–Kier alpha value is -2.08. The molecule has 0 aliphatic carbocycles. The van der Waals surface area contributed by atoms with Gasteiger partial charge >= 0.3 is 5.97 Å². The number of carboxylic acids is 1. The van der Waals surface area contributed by atoms with Crippen molar-refractivity contribution in [2.24, 2.45) is 0 Å². The summed E-state index contributed by atoms with van der Waals surface area (Å²) < 4.78 is 11.1. The number of carbonyl (C=O) groups is 2. The molecule has 2 aliphatic heterocycles. The van der Waals surface area contributed by atoms with Crippen LogP contribution in [0.1, 0.15) is 43.6 Å². The molecule has 0 bridgehead atoms. The Morgan fingerprint density at radius 1 is 1.12 bits per heavy atom. The van der Waals surface area contributed by atoms with Crippen LogP contribution >= 0.6 is 0 Å². The molecule has 0 radical (unpaired) electrons. The molecule has 1 fully saturated rings. The van der Waals surface area contributed by atoms with Crippen molar-refractivity contribution in [3.63, 3.8) is 0 Å². The van der Waals surface area contributed by atoms with Crippen molar-refractivity contribution in [2.75, 3.05) is 26.4 Å². The van der Waals surface area contributed by atoms with Crippen molar-refractivity contribution in [2.45, 2.75) is 44.1 Å². The smallest absolute Gasteiger partial charge is 0.305 e. The zero-order chi connectivity index (χ0) is 17.6. The lowest BCUT2D eigenvalue weighted by molar-refractivity contribution is -0.140. The molecule has 0 unspecified atom stereocenters. The van der Waals surface area contributed by atoms with E-state index in [0.717, 1.165) is 30.6 Å². The summed E-state index contributed by atoms with van der Waals surface area (Å²) >= 11 is 0. The minimum Gasteiger partial charge on any atom is -0.493 e. The summed E-state index contributed by atoms with van der Waals surface area (Å²) in [5.41, 5.74) is 1.08. The molecule has 0 saturated carbocycles. The highest BCUT2D eigenvalue weighted by atomic mass is 16.5. The standard InChI is InChI=1S/C19H25NO5/c21-18(13-14-6-12-25-17-4-2-1-3-16(14)17)20(9-5-19(22)23)15-7-10-24-11-8-15/h1-4,14-15H,5-13H2,(H,22,23)/t14-/m1/s1. The van der Waals surface area contributed by atoms with E-state index in [1.54, 1.807) is 4.90 Å².